The van der Waals surface area contributed by atoms with Crippen LogP contribution >= 0.6 is 0 Å². The molecule has 0 fully saturated rings. The van der Waals surface area contributed by atoms with Crippen molar-refractivity contribution in [1.82, 2.24) is 0 Å². The summed E-state index contributed by atoms with van der Waals surface area (Å²) in [4.78, 5) is 0. The molecule has 0 N–H and O–H groups in total. The first-order valence-electron chi connectivity index (χ1n) is 4.94. The van der Waals surface area contributed by atoms with Crippen LogP contribution in [0.25, 0.3) is 0 Å². The van der Waals surface area contributed by atoms with Crippen molar-refractivity contribution in [3.63, 3.8) is 0 Å². The van der Waals surface area contributed by atoms with Crippen molar-refractivity contribution in [3.05, 3.63) is 29.3 Å². The lowest BCUT2D eigenvalue weighted by Gasteiger charge is -2.28. The molecule has 1 heterocycles. The highest BCUT2D eigenvalue weighted by atomic mass is 16.5. The molecule has 1 nitrogen and oxygen atoms in total. The van der Waals surface area contributed by atoms with Crippen LogP contribution in [0.2, 0.25) is 0 Å². The predicted molar refractivity (Wildman–Crippen MR) is 54.3 cm³/mol. The average Bonchev–Trinajstić information content (AvgIpc) is 2.06. The Morgan fingerprint density at radius 1 is 1.31 bits per heavy atom. The Morgan fingerprint density at radius 2 is 2.08 bits per heavy atom. The van der Waals surface area contributed by atoms with Crippen molar-refractivity contribution in [2.45, 2.75) is 39.2 Å². The van der Waals surface area contributed by atoms with Crippen molar-refractivity contribution >= 4 is 0 Å². The number of aryl methyl sites for hydroxylation is 1. The van der Waals surface area contributed by atoms with Gasteiger partial charge in [0.2, 0.25) is 0 Å². The molecule has 2 rings (SSSR count). The number of hydrogen-bond donors (Lipinski definition) is 0. The largest absolute Gasteiger partial charge is 0.490 e. The third-order valence-electron chi connectivity index (χ3n) is 2.71. The second kappa shape index (κ2) is 3.06. The highest BCUT2D eigenvalue weighted by molar-refractivity contribution is 5.40. The molecule has 0 aromatic heterocycles. The summed E-state index contributed by atoms with van der Waals surface area (Å²) in [5.74, 6) is 1.72. The fourth-order valence-electron chi connectivity index (χ4n) is 2.05. The summed E-state index contributed by atoms with van der Waals surface area (Å²) in [6.07, 6.45) is 1.50. The van der Waals surface area contributed by atoms with E-state index in [4.69, 9.17) is 4.74 Å². The van der Waals surface area contributed by atoms with Gasteiger partial charge in [-0.25, -0.2) is 0 Å². The van der Waals surface area contributed by atoms with E-state index in [1.807, 2.05) is 0 Å². The van der Waals surface area contributed by atoms with Gasteiger partial charge in [0.25, 0.3) is 0 Å². The van der Waals surface area contributed by atoms with E-state index >= 15 is 0 Å². The molecular formula is C12H16O. The average molecular weight is 176 g/mol. The first kappa shape index (κ1) is 8.61. The summed E-state index contributed by atoms with van der Waals surface area (Å²) in [7, 11) is 0. The van der Waals surface area contributed by atoms with Gasteiger partial charge in [0.05, 0.1) is 6.10 Å². The topological polar surface area (TPSA) is 9.23 Å². The van der Waals surface area contributed by atoms with E-state index < -0.39 is 0 Å². The van der Waals surface area contributed by atoms with Crippen LogP contribution in [0, 0.1) is 6.92 Å². The van der Waals surface area contributed by atoms with Crippen LogP contribution in [0.15, 0.2) is 18.2 Å². The second-order valence-corrected chi connectivity index (χ2v) is 4.11. The van der Waals surface area contributed by atoms with Crippen LogP contribution in [0.3, 0.4) is 0 Å². The molecule has 13 heavy (non-hydrogen) atoms. The molecule has 2 atom stereocenters. The van der Waals surface area contributed by atoms with Crippen LogP contribution in [0.1, 0.15) is 37.3 Å². The van der Waals surface area contributed by atoms with E-state index in [1.54, 1.807) is 0 Å². The van der Waals surface area contributed by atoms with E-state index in [9.17, 15) is 0 Å². The normalized spacial score (nSPS) is 26.4. The van der Waals surface area contributed by atoms with Gasteiger partial charge in [0.1, 0.15) is 5.75 Å². The maximum absolute atomic E-state index is 5.76. The molecule has 1 aliphatic rings. The SMILES string of the molecule is Cc1ccc2c(c1)[C@H](C)C[C@@H](C)O2. The smallest absolute Gasteiger partial charge is 0.123 e. The predicted octanol–water partition coefficient (Wildman–Crippen LogP) is 3.27. The quantitative estimate of drug-likeness (QED) is 0.589. The number of fused-ring (bicyclic) bond motifs is 1. The fourth-order valence-corrected chi connectivity index (χ4v) is 2.05. The maximum Gasteiger partial charge on any atom is 0.123 e. The molecule has 0 amide bonds. The zero-order chi connectivity index (χ0) is 9.42. The van der Waals surface area contributed by atoms with Crippen molar-refractivity contribution < 1.29 is 4.74 Å². The molecule has 0 bridgehead atoms. The Bertz CT molecular complexity index is 317. The van der Waals surface area contributed by atoms with E-state index in [0.717, 1.165) is 12.2 Å². The molecule has 70 valence electrons. The van der Waals surface area contributed by atoms with E-state index in [2.05, 4.69) is 39.0 Å². The molecule has 0 radical (unpaired) electrons. The van der Waals surface area contributed by atoms with Crippen LogP contribution in [-0.4, -0.2) is 6.10 Å². The van der Waals surface area contributed by atoms with Crippen LogP contribution in [-0.2, 0) is 0 Å². The van der Waals surface area contributed by atoms with Crippen molar-refractivity contribution in [3.8, 4) is 5.75 Å². The van der Waals surface area contributed by atoms with Gasteiger partial charge in [-0.2, -0.15) is 0 Å². The summed E-state index contributed by atoms with van der Waals surface area (Å²) in [6, 6.07) is 6.45. The molecule has 1 aromatic rings. The lowest BCUT2D eigenvalue weighted by atomic mass is 9.91. The zero-order valence-electron chi connectivity index (χ0n) is 8.50. The lowest BCUT2D eigenvalue weighted by molar-refractivity contribution is 0.179. The minimum atomic E-state index is 0.366. The highest BCUT2D eigenvalue weighted by Crippen LogP contribution is 2.36. The van der Waals surface area contributed by atoms with Gasteiger partial charge in [0, 0.05) is 0 Å². The summed E-state index contributed by atoms with van der Waals surface area (Å²) in [6.45, 7) is 6.54. The molecule has 1 heteroatoms. The van der Waals surface area contributed by atoms with Gasteiger partial charge in [0.15, 0.2) is 0 Å². The third-order valence-corrected chi connectivity index (χ3v) is 2.71. The Morgan fingerprint density at radius 3 is 2.85 bits per heavy atom. The maximum atomic E-state index is 5.76. The molecule has 0 unspecified atom stereocenters. The first-order chi connectivity index (χ1) is 6.16. The van der Waals surface area contributed by atoms with Crippen LogP contribution < -0.4 is 4.74 Å². The molecule has 0 saturated heterocycles. The van der Waals surface area contributed by atoms with Gasteiger partial charge in [-0.05, 0) is 37.8 Å². The van der Waals surface area contributed by atoms with Gasteiger partial charge in [-0.15, -0.1) is 0 Å². The molecule has 1 aromatic carbocycles. The number of ether oxygens (including phenoxy) is 1. The van der Waals surface area contributed by atoms with Crippen molar-refractivity contribution in [2.24, 2.45) is 0 Å². The molecule has 0 saturated carbocycles. The highest BCUT2D eigenvalue weighted by Gasteiger charge is 2.21. The summed E-state index contributed by atoms with van der Waals surface area (Å²) in [5.41, 5.74) is 2.70. The number of rotatable bonds is 0. The number of hydrogen-bond acceptors (Lipinski definition) is 1. The van der Waals surface area contributed by atoms with Gasteiger partial charge >= 0.3 is 0 Å². The Hall–Kier alpha value is -0.980. The van der Waals surface area contributed by atoms with E-state index in [1.165, 1.54) is 11.1 Å². The minimum Gasteiger partial charge on any atom is -0.490 e. The molecule has 1 aliphatic heterocycles. The third kappa shape index (κ3) is 1.55. The Labute approximate surface area is 79.7 Å². The standard InChI is InChI=1S/C12H16O/c1-8-4-5-12-11(6-8)9(2)7-10(3)13-12/h4-6,9-10H,7H2,1-3H3/t9-,10-/m1/s1. The fraction of sp³-hybridized carbons (Fsp3) is 0.500. The van der Waals surface area contributed by atoms with Crippen molar-refractivity contribution in [1.29, 1.82) is 0 Å². The van der Waals surface area contributed by atoms with Gasteiger partial charge in [-0.3, -0.25) is 0 Å². The summed E-state index contributed by atoms with van der Waals surface area (Å²) < 4.78 is 5.76. The van der Waals surface area contributed by atoms with Gasteiger partial charge in [-0.1, -0.05) is 24.6 Å². The Kier molecular flexibility index (Phi) is 2.03. The molecular weight excluding hydrogens is 160 g/mol. The monoisotopic (exact) mass is 176 g/mol. The summed E-state index contributed by atoms with van der Waals surface area (Å²) in [5, 5.41) is 0. The van der Waals surface area contributed by atoms with E-state index in [-0.39, 0.29) is 0 Å². The van der Waals surface area contributed by atoms with Crippen LogP contribution in [0.4, 0.5) is 0 Å². The second-order valence-electron chi connectivity index (χ2n) is 4.11. The lowest BCUT2D eigenvalue weighted by Crippen LogP contribution is -2.21. The zero-order valence-corrected chi connectivity index (χ0v) is 8.50. The van der Waals surface area contributed by atoms with Crippen LogP contribution in [0.5, 0.6) is 5.75 Å². The first-order valence-corrected chi connectivity index (χ1v) is 4.94. The van der Waals surface area contributed by atoms with Gasteiger partial charge < -0.3 is 4.74 Å². The minimum absolute atomic E-state index is 0.366. The van der Waals surface area contributed by atoms with Crippen molar-refractivity contribution in [2.75, 3.05) is 0 Å². The van der Waals surface area contributed by atoms with E-state index in [0.29, 0.717) is 12.0 Å². The summed E-state index contributed by atoms with van der Waals surface area (Å²) >= 11 is 0. The number of benzene rings is 1. The molecule has 0 aliphatic carbocycles. The molecule has 0 spiro atoms. The Balaban J connectivity index is 2.43.